The van der Waals surface area contributed by atoms with E-state index in [-0.39, 0.29) is 91.1 Å². The molecule has 0 spiro atoms. The maximum absolute atomic E-state index is 0. The fraction of sp³-hybridized carbons (Fsp3) is 0. The van der Waals surface area contributed by atoms with Crippen LogP contribution in [-0.2, 0) is 62.0 Å². The number of hydrogen-bond donors (Lipinski definition) is 0. The van der Waals surface area contributed by atoms with Gasteiger partial charge < -0.3 is 5.48 Å². The minimum absolute atomic E-state index is 0. The third kappa shape index (κ3) is 20.1. The van der Waals surface area contributed by atoms with Crippen molar-refractivity contribution in [1.82, 2.24) is 0 Å². The van der Waals surface area contributed by atoms with E-state index < -0.39 is 0 Å². The molecule has 5 heavy (non-hydrogen) atoms. The molecule has 0 aromatic heterocycles. The summed E-state index contributed by atoms with van der Waals surface area (Å²) in [5.41, 5.74) is 0. The molecule has 0 heterocycles. The zero-order chi connectivity index (χ0) is 0. The molecule has 0 aromatic rings. The Morgan fingerprint density at radius 3 is 1.00 bits per heavy atom. The zero-order valence-electron chi connectivity index (χ0n) is 2.30. The van der Waals surface area contributed by atoms with Gasteiger partial charge in [-0.1, -0.05) is 0 Å². The summed E-state index contributed by atoms with van der Waals surface area (Å²) in [7, 11) is 0. The van der Waals surface area contributed by atoms with Crippen LogP contribution in [0, 0.1) is 0 Å². The molecule has 0 bridgehead atoms. The molecule has 0 saturated heterocycles. The fourth-order valence-electron chi connectivity index (χ4n) is 0. The van der Waals surface area contributed by atoms with E-state index in [2.05, 4.69) is 0 Å². The van der Waals surface area contributed by atoms with Crippen molar-refractivity contribution in [2.45, 2.75) is 0 Å². The topological polar surface area (TPSA) is 31.5 Å². The van der Waals surface area contributed by atoms with Crippen molar-refractivity contribution >= 4 is 23.7 Å². The second-order valence-electron chi connectivity index (χ2n) is 0. The molecule has 32 valence electrons. The van der Waals surface area contributed by atoms with Gasteiger partial charge in [0, 0.05) is 62.0 Å². The van der Waals surface area contributed by atoms with E-state index in [9.17, 15) is 0 Å². The first-order valence-electron chi connectivity index (χ1n) is 0. The number of rotatable bonds is 0. The average Bonchev–Trinajstić information content (AvgIpc) is 0. The van der Waals surface area contributed by atoms with Gasteiger partial charge in [0.05, 0.1) is 0 Å². The molecule has 5 heteroatoms. The predicted molar refractivity (Wildman–Crippen MR) is 12.2 cm³/mol. The van der Waals surface area contributed by atoms with E-state index >= 15 is 0 Å². The van der Waals surface area contributed by atoms with Crippen LogP contribution in [0.3, 0.4) is 0 Å². The summed E-state index contributed by atoms with van der Waals surface area (Å²) >= 11 is 0. The quantitative estimate of drug-likeness (QED) is 0.442. The van der Waals surface area contributed by atoms with Gasteiger partial charge in [-0.2, -0.15) is 0 Å². The van der Waals surface area contributed by atoms with Crippen molar-refractivity contribution in [3.05, 3.63) is 0 Å². The molecule has 1 nitrogen and oxygen atoms in total. The van der Waals surface area contributed by atoms with Gasteiger partial charge in [-0.25, -0.2) is 0 Å². The smallest absolute Gasteiger partial charge is 0 e. The molecule has 0 rings (SSSR count). The second kappa shape index (κ2) is 29.4. The maximum atomic E-state index is 0. The molecule has 0 fully saturated rings. The van der Waals surface area contributed by atoms with Crippen molar-refractivity contribution in [2.24, 2.45) is 0 Å². The summed E-state index contributed by atoms with van der Waals surface area (Å²) in [6.07, 6.45) is 0. The van der Waals surface area contributed by atoms with Gasteiger partial charge in [0.2, 0.25) is 0 Å². The van der Waals surface area contributed by atoms with Gasteiger partial charge in [-0.05, 0) is 0 Å². The molecule has 0 aliphatic rings. The van der Waals surface area contributed by atoms with Gasteiger partial charge in [0.25, 0.3) is 0 Å². The van der Waals surface area contributed by atoms with E-state index in [1.165, 1.54) is 0 Å². The molecule has 2 N–H and O–H groups in total. The van der Waals surface area contributed by atoms with Crippen LogP contribution in [0.4, 0.5) is 0 Å². The van der Waals surface area contributed by atoms with Gasteiger partial charge in [0.1, 0.15) is 0 Å². The molecular weight excluding hydrogens is 383 g/mol. The van der Waals surface area contributed by atoms with E-state index in [1.54, 1.807) is 0 Å². The summed E-state index contributed by atoms with van der Waals surface area (Å²) < 4.78 is 0. The largest absolute Gasteiger partial charge is 0 e. The van der Waals surface area contributed by atoms with Gasteiger partial charge in [-0.3, -0.25) is 0 Å². The van der Waals surface area contributed by atoms with Crippen molar-refractivity contribution < 1.29 is 67.5 Å². The first-order chi connectivity index (χ1) is 0. The van der Waals surface area contributed by atoms with Crippen LogP contribution in [0.25, 0.3) is 0 Å². The van der Waals surface area contributed by atoms with Crippen molar-refractivity contribution in [1.29, 1.82) is 0 Å². The van der Waals surface area contributed by atoms with Crippen LogP contribution in [-0.4, -0.2) is 29.1 Å². The van der Waals surface area contributed by atoms with Crippen LogP contribution in [0.2, 0.25) is 0 Å². The first kappa shape index (κ1) is 46.5. The molecule has 0 aliphatic carbocycles. The summed E-state index contributed by atoms with van der Waals surface area (Å²) in [5.74, 6) is 0. The minimum Gasteiger partial charge on any atom is 0 e. The summed E-state index contributed by atoms with van der Waals surface area (Å²) in [6, 6.07) is 0. The third-order valence-electron chi connectivity index (χ3n) is 0. The Bertz CT molecular complexity index is 11.6. The van der Waals surface area contributed by atoms with Gasteiger partial charge in [-0.15, -0.1) is 0 Å². The van der Waals surface area contributed by atoms with Crippen LogP contribution in [0.15, 0.2) is 0 Å². The van der Waals surface area contributed by atoms with Crippen molar-refractivity contribution in [3.63, 3.8) is 0 Å². The minimum atomic E-state index is 0. The van der Waals surface area contributed by atoms with Crippen molar-refractivity contribution in [3.8, 4) is 0 Å². The molecular formula is H4MoNbOTeV. The van der Waals surface area contributed by atoms with Gasteiger partial charge in [0.15, 0.2) is 0 Å². The molecule has 0 atom stereocenters. The molecule has 0 aromatic carbocycles. The average molecular weight is 387 g/mol. The van der Waals surface area contributed by atoms with Crippen LogP contribution in [0.5, 0.6) is 0 Å². The third-order valence-corrected chi connectivity index (χ3v) is 0. The van der Waals surface area contributed by atoms with Crippen molar-refractivity contribution in [2.75, 3.05) is 0 Å². The predicted octanol–water partition coefficient (Wildman–Crippen LogP) is -1.75. The number of hydrogen-bond acceptors (Lipinski definition) is 0. The normalized spacial score (nSPS) is 0. The maximum Gasteiger partial charge on any atom is 0 e. The van der Waals surface area contributed by atoms with E-state index in [0.29, 0.717) is 0 Å². The van der Waals surface area contributed by atoms with E-state index in [0.717, 1.165) is 0 Å². The zero-order valence-corrected chi connectivity index (χ0v) is 10.8. The second-order valence-corrected chi connectivity index (χ2v) is 0. The SMILES string of the molecule is O.[Mo].[Nb].[TeH2].[V]. The fourth-order valence-corrected chi connectivity index (χ4v) is 0. The van der Waals surface area contributed by atoms with Crippen LogP contribution < -0.4 is 0 Å². The Morgan fingerprint density at radius 2 is 1.00 bits per heavy atom. The summed E-state index contributed by atoms with van der Waals surface area (Å²) in [6.45, 7) is 0. The Labute approximate surface area is 89.7 Å². The Hall–Kier alpha value is 2.76. The van der Waals surface area contributed by atoms with Gasteiger partial charge >= 0.3 is 23.7 Å². The summed E-state index contributed by atoms with van der Waals surface area (Å²) in [4.78, 5) is 0. The molecule has 0 unspecified atom stereocenters. The van der Waals surface area contributed by atoms with E-state index in [4.69, 9.17) is 0 Å². The first-order valence-corrected chi connectivity index (χ1v) is 0. The molecule has 0 amide bonds. The molecule has 0 aliphatic heterocycles. The molecule has 0 saturated carbocycles. The Kier molecular flexibility index (Phi) is 274. The standard InChI is InChI=1S/Mo.Nb.H2O.H2Te.V/h;;2*1H2;. The Morgan fingerprint density at radius 1 is 1.00 bits per heavy atom. The molecule has 2 radical (unpaired) electrons. The van der Waals surface area contributed by atoms with E-state index in [1.807, 2.05) is 0 Å². The van der Waals surface area contributed by atoms with Crippen LogP contribution in [0.1, 0.15) is 0 Å². The summed E-state index contributed by atoms with van der Waals surface area (Å²) in [5, 5.41) is 0. The van der Waals surface area contributed by atoms with Crippen LogP contribution >= 0.6 is 0 Å². The Balaban J connectivity index is 0. The monoisotopic (exact) mass is 392 g/mol.